The molecular weight excluding hydrogens is 342 g/mol. The van der Waals surface area contributed by atoms with E-state index < -0.39 is 0 Å². The molecule has 1 spiro atoms. The fourth-order valence-corrected chi connectivity index (χ4v) is 4.17. The second-order valence-electron chi connectivity index (χ2n) is 9.62. The lowest BCUT2D eigenvalue weighted by atomic mass is 9.79. The van der Waals surface area contributed by atoms with Crippen molar-refractivity contribution in [2.24, 2.45) is 11.3 Å². The molecule has 0 amide bonds. The molecule has 0 aromatic carbocycles. The summed E-state index contributed by atoms with van der Waals surface area (Å²) in [4.78, 5) is 2.39. The van der Waals surface area contributed by atoms with Crippen LogP contribution in [0.25, 0.3) is 0 Å². The van der Waals surface area contributed by atoms with Gasteiger partial charge >= 0.3 is 0 Å². The third-order valence-electron chi connectivity index (χ3n) is 6.07. The van der Waals surface area contributed by atoms with Crippen LogP contribution in [0.5, 0.6) is 0 Å². The Morgan fingerprint density at radius 1 is 0.963 bits per heavy atom. The molecule has 0 N–H and O–H groups in total. The van der Waals surface area contributed by atoms with Crippen LogP contribution in [-0.2, 0) is 18.9 Å². The zero-order chi connectivity index (χ0) is 19.8. The average Bonchev–Trinajstić information content (AvgIpc) is 3.03. The summed E-state index contributed by atoms with van der Waals surface area (Å²) in [5.41, 5.74) is 0.443. The Morgan fingerprint density at radius 3 is 2.15 bits per heavy atom. The number of ether oxygens (including phenoxy) is 4. The van der Waals surface area contributed by atoms with Gasteiger partial charge in [0.05, 0.1) is 25.9 Å². The smallest absolute Gasteiger partial charge is 0.168 e. The van der Waals surface area contributed by atoms with Gasteiger partial charge in [0.15, 0.2) is 5.79 Å². The number of nitrogens with zero attached hydrogens (tertiary/aromatic N) is 1. The molecule has 1 aliphatic carbocycles. The predicted molar refractivity (Wildman–Crippen MR) is 109 cm³/mol. The molecule has 1 aliphatic heterocycles. The van der Waals surface area contributed by atoms with Gasteiger partial charge in [0.25, 0.3) is 0 Å². The Hall–Kier alpha value is -0.200. The van der Waals surface area contributed by atoms with Crippen molar-refractivity contribution >= 4 is 0 Å². The van der Waals surface area contributed by atoms with Gasteiger partial charge in [-0.2, -0.15) is 0 Å². The van der Waals surface area contributed by atoms with Crippen molar-refractivity contribution in [2.45, 2.75) is 77.6 Å². The van der Waals surface area contributed by atoms with Gasteiger partial charge in [-0.15, -0.1) is 0 Å². The van der Waals surface area contributed by atoms with Gasteiger partial charge in [0.2, 0.25) is 0 Å². The molecule has 160 valence electrons. The van der Waals surface area contributed by atoms with E-state index >= 15 is 0 Å². The fraction of sp³-hybridized carbons (Fsp3) is 1.00. The fourth-order valence-electron chi connectivity index (χ4n) is 4.17. The molecule has 1 saturated heterocycles. The van der Waals surface area contributed by atoms with Gasteiger partial charge in [-0.3, -0.25) is 4.90 Å². The Labute approximate surface area is 167 Å². The molecule has 0 radical (unpaired) electrons. The highest BCUT2D eigenvalue weighted by Crippen LogP contribution is 2.42. The molecule has 2 aliphatic rings. The van der Waals surface area contributed by atoms with Crippen molar-refractivity contribution in [2.75, 3.05) is 53.7 Å². The minimum absolute atomic E-state index is 0.226. The topological polar surface area (TPSA) is 40.2 Å². The van der Waals surface area contributed by atoms with Crippen LogP contribution < -0.4 is 0 Å². The third-order valence-corrected chi connectivity index (χ3v) is 6.07. The molecule has 27 heavy (non-hydrogen) atoms. The number of hydrogen-bond donors (Lipinski definition) is 0. The Morgan fingerprint density at radius 2 is 1.59 bits per heavy atom. The van der Waals surface area contributed by atoms with Crippen LogP contribution in [0.4, 0.5) is 0 Å². The average molecular weight is 386 g/mol. The van der Waals surface area contributed by atoms with E-state index in [9.17, 15) is 0 Å². The van der Waals surface area contributed by atoms with Crippen molar-refractivity contribution in [3.05, 3.63) is 0 Å². The van der Waals surface area contributed by atoms with Gasteiger partial charge in [-0.05, 0) is 43.4 Å². The summed E-state index contributed by atoms with van der Waals surface area (Å²) in [6, 6.07) is 0. The molecule has 1 heterocycles. The maximum atomic E-state index is 6.43. The summed E-state index contributed by atoms with van der Waals surface area (Å²) in [5, 5.41) is 0. The molecule has 1 saturated carbocycles. The molecule has 1 atom stereocenters. The Kier molecular flexibility index (Phi) is 9.49. The van der Waals surface area contributed by atoms with Gasteiger partial charge in [0.1, 0.15) is 0 Å². The lowest BCUT2D eigenvalue weighted by Crippen LogP contribution is -2.37. The van der Waals surface area contributed by atoms with Crippen LogP contribution in [-0.4, -0.2) is 70.5 Å². The first-order chi connectivity index (χ1) is 12.9. The summed E-state index contributed by atoms with van der Waals surface area (Å²) >= 11 is 0. The van der Waals surface area contributed by atoms with Crippen molar-refractivity contribution in [3.63, 3.8) is 0 Å². The van der Waals surface area contributed by atoms with E-state index in [2.05, 4.69) is 25.7 Å². The van der Waals surface area contributed by atoms with Crippen LogP contribution in [0.2, 0.25) is 0 Å². The van der Waals surface area contributed by atoms with Crippen molar-refractivity contribution < 1.29 is 18.9 Å². The molecular formula is C22H43NO4. The third kappa shape index (κ3) is 8.36. The largest absolute Gasteiger partial charge is 0.383 e. The lowest BCUT2D eigenvalue weighted by molar-refractivity contribution is -0.193. The van der Waals surface area contributed by atoms with Gasteiger partial charge in [-0.25, -0.2) is 0 Å². The summed E-state index contributed by atoms with van der Waals surface area (Å²) in [6.45, 7) is 12.2. The summed E-state index contributed by atoms with van der Waals surface area (Å²) in [6.07, 6.45) is 8.52. The van der Waals surface area contributed by atoms with E-state index in [1.807, 2.05) is 0 Å². The van der Waals surface area contributed by atoms with E-state index in [-0.39, 0.29) is 11.9 Å². The first kappa shape index (κ1) is 23.1. The summed E-state index contributed by atoms with van der Waals surface area (Å²) < 4.78 is 23.1. The molecule has 0 aromatic heterocycles. The SMILES string of the molecule is COCCN(CCOC)CCC1COC2(CCC(CCC(C)(C)C)CC2)O1. The number of hydrogen-bond acceptors (Lipinski definition) is 5. The van der Waals surface area contributed by atoms with Crippen LogP contribution in [0.15, 0.2) is 0 Å². The molecule has 0 aromatic rings. The number of methoxy groups -OCH3 is 2. The Bertz CT molecular complexity index is 394. The highest BCUT2D eigenvalue weighted by molar-refractivity contribution is 4.86. The summed E-state index contributed by atoms with van der Waals surface area (Å²) in [7, 11) is 3.51. The lowest BCUT2D eigenvalue weighted by Gasteiger charge is -2.36. The van der Waals surface area contributed by atoms with Crippen molar-refractivity contribution in [3.8, 4) is 0 Å². The van der Waals surface area contributed by atoms with Crippen LogP contribution in [0, 0.1) is 11.3 Å². The van der Waals surface area contributed by atoms with E-state index in [4.69, 9.17) is 18.9 Å². The quantitative estimate of drug-likeness (QED) is 0.535. The molecule has 2 rings (SSSR count). The van der Waals surface area contributed by atoms with E-state index in [1.54, 1.807) is 14.2 Å². The first-order valence-electron chi connectivity index (χ1n) is 10.9. The highest BCUT2D eigenvalue weighted by Gasteiger charge is 2.44. The predicted octanol–water partition coefficient (Wildman–Crippen LogP) is 4.10. The van der Waals surface area contributed by atoms with Crippen LogP contribution >= 0.6 is 0 Å². The van der Waals surface area contributed by atoms with Crippen molar-refractivity contribution in [1.82, 2.24) is 4.90 Å². The second-order valence-corrected chi connectivity index (χ2v) is 9.62. The zero-order valence-electron chi connectivity index (χ0n) is 18.4. The normalized spacial score (nSPS) is 29.1. The van der Waals surface area contributed by atoms with Gasteiger partial charge < -0.3 is 18.9 Å². The maximum absolute atomic E-state index is 6.43. The van der Waals surface area contributed by atoms with Crippen LogP contribution in [0.1, 0.15) is 65.7 Å². The Balaban J connectivity index is 1.69. The van der Waals surface area contributed by atoms with E-state index in [0.717, 1.165) is 64.6 Å². The van der Waals surface area contributed by atoms with Crippen LogP contribution in [0.3, 0.4) is 0 Å². The number of rotatable bonds is 11. The van der Waals surface area contributed by atoms with E-state index in [0.29, 0.717) is 5.41 Å². The zero-order valence-corrected chi connectivity index (χ0v) is 18.4. The highest BCUT2D eigenvalue weighted by atomic mass is 16.7. The monoisotopic (exact) mass is 385 g/mol. The molecule has 0 bridgehead atoms. The molecule has 5 nitrogen and oxygen atoms in total. The maximum Gasteiger partial charge on any atom is 0.168 e. The minimum atomic E-state index is -0.285. The van der Waals surface area contributed by atoms with Crippen molar-refractivity contribution in [1.29, 1.82) is 0 Å². The van der Waals surface area contributed by atoms with E-state index in [1.165, 1.54) is 25.7 Å². The second kappa shape index (κ2) is 11.1. The molecule has 5 heteroatoms. The van der Waals surface area contributed by atoms with Gasteiger partial charge in [0, 0.05) is 46.7 Å². The van der Waals surface area contributed by atoms with Gasteiger partial charge in [-0.1, -0.05) is 20.8 Å². The molecule has 2 fully saturated rings. The molecule has 1 unspecified atom stereocenters. The first-order valence-corrected chi connectivity index (χ1v) is 10.9. The standard InChI is InChI=1S/C22H43NO4/c1-21(2,3)10-6-19-7-11-22(12-8-19)26-18-20(27-22)9-13-23(14-16-24-4)15-17-25-5/h19-20H,6-18H2,1-5H3. The summed E-state index contributed by atoms with van der Waals surface area (Å²) in [5.74, 6) is 0.562. The minimum Gasteiger partial charge on any atom is -0.383 e.